The largest absolute Gasteiger partial charge is 0.325 e. The molecule has 2 rings (SSSR count). The molecule has 0 aliphatic heterocycles. The average molecular weight is 295 g/mol. The molecule has 20 heavy (non-hydrogen) atoms. The molecule has 0 aliphatic carbocycles. The van der Waals surface area contributed by atoms with Gasteiger partial charge in [0.05, 0.1) is 12.2 Å². The molecule has 2 aromatic heterocycles. The third-order valence-electron chi connectivity index (χ3n) is 2.69. The SMILES string of the molecule is CC(Cn1cccn1)NS(=O)(=O)c1ccc(CN)nc1. The van der Waals surface area contributed by atoms with Gasteiger partial charge in [-0.2, -0.15) is 5.10 Å². The highest BCUT2D eigenvalue weighted by molar-refractivity contribution is 7.89. The fraction of sp³-hybridized carbons (Fsp3) is 0.333. The van der Waals surface area contributed by atoms with Crippen LogP contribution in [0.15, 0.2) is 41.7 Å². The normalized spacial score (nSPS) is 13.3. The van der Waals surface area contributed by atoms with Crippen molar-refractivity contribution in [1.29, 1.82) is 0 Å². The van der Waals surface area contributed by atoms with Crippen LogP contribution in [0.4, 0.5) is 0 Å². The van der Waals surface area contributed by atoms with Crippen LogP contribution in [0, 0.1) is 0 Å². The summed E-state index contributed by atoms with van der Waals surface area (Å²) in [6, 6.07) is 4.61. The van der Waals surface area contributed by atoms with Crippen molar-refractivity contribution in [2.75, 3.05) is 0 Å². The number of aromatic nitrogens is 3. The third kappa shape index (κ3) is 3.62. The Balaban J connectivity index is 2.05. The maximum absolute atomic E-state index is 12.2. The van der Waals surface area contributed by atoms with Gasteiger partial charge in [0, 0.05) is 31.2 Å². The highest BCUT2D eigenvalue weighted by Crippen LogP contribution is 2.08. The lowest BCUT2D eigenvalue weighted by Gasteiger charge is -2.14. The maximum atomic E-state index is 12.2. The van der Waals surface area contributed by atoms with Crippen molar-refractivity contribution in [2.45, 2.75) is 31.0 Å². The molecule has 7 nitrogen and oxygen atoms in total. The number of nitrogens with one attached hydrogen (secondary N) is 1. The Labute approximate surface area is 117 Å². The van der Waals surface area contributed by atoms with Crippen LogP contribution in [0.3, 0.4) is 0 Å². The summed E-state index contributed by atoms with van der Waals surface area (Å²) in [5.74, 6) is 0. The van der Waals surface area contributed by atoms with Crippen LogP contribution in [-0.2, 0) is 23.1 Å². The van der Waals surface area contributed by atoms with E-state index in [1.54, 1.807) is 36.1 Å². The standard InChI is InChI=1S/C12H17N5O2S/c1-10(9-17-6-2-5-15-17)16-20(18,19)12-4-3-11(7-13)14-8-12/h2-6,8,10,16H,7,9,13H2,1H3. The first-order valence-corrected chi connectivity index (χ1v) is 7.64. The van der Waals surface area contributed by atoms with E-state index in [2.05, 4.69) is 14.8 Å². The Hall–Kier alpha value is -1.77. The molecule has 0 radical (unpaired) electrons. The molecule has 0 amide bonds. The predicted octanol–water partition coefficient (Wildman–Crippen LogP) is 0.104. The van der Waals surface area contributed by atoms with Crippen molar-refractivity contribution >= 4 is 10.0 Å². The monoisotopic (exact) mass is 295 g/mol. The molecule has 0 saturated carbocycles. The van der Waals surface area contributed by atoms with E-state index in [1.165, 1.54) is 12.3 Å². The number of sulfonamides is 1. The van der Waals surface area contributed by atoms with E-state index in [4.69, 9.17) is 5.73 Å². The Bertz CT molecular complexity index is 637. The van der Waals surface area contributed by atoms with Gasteiger partial charge in [-0.3, -0.25) is 9.67 Å². The number of pyridine rings is 1. The average Bonchev–Trinajstić information content (AvgIpc) is 2.91. The first-order chi connectivity index (χ1) is 9.51. The summed E-state index contributed by atoms with van der Waals surface area (Å²) >= 11 is 0. The first-order valence-electron chi connectivity index (χ1n) is 6.16. The lowest BCUT2D eigenvalue weighted by molar-refractivity contribution is 0.494. The van der Waals surface area contributed by atoms with Crippen LogP contribution in [0.5, 0.6) is 0 Å². The van der Waals surface area contributed by atoms with Gasteiger partial charge in [0.25, 0.3) is 0 Å². The van der Waals surface area contributed by atoms with Crippen molar-refractivity contribution in [2.24, 2.45) is 5.73 Å². The van der Waals surface area contributed by atoms with E-state index in [1.807, 2.05) is 0 Å². The van der Waals surface area contributed by atoms with Gasteiger partial charge in [-0.05, 0) is 25.1 Å². The highest BCUT2D eigenvalue weighted by Gasteiger charge is 2.18. The van der Waals surface area contributed by atoms with Crippen LogP contribution in [0.25, 0.3) is 0 Å². The molecule has 1 atom stereocenters. The number of hydrogen-bond acceptors (Lipinski definition) is 5. The molecule has 1 unspecified atom stereocenters. The Morgan fingerprint density at radius 3 is 2.80 bits per heavy atom. The van der Waals surface area contributed by atoms with Gasteiger partial charge in [0.15, 0.2) is 0 Å². The van der Waals surface area contributed by atoms with Crippen LogP contribution >= 0.6 is 0 Å². The molecule has 0 spiro atoms. The topological polar surface area (TPSA) is 103 Å². The zero-order valence-corrected chi connectivity index (χ0v) is 11.9. The van der Waals surface area contributed by atoms with Gasteiger partial charge in [0.1, 0.15) is 4.90 Å². The molecule has 8 heteroatoms. The second-order valence-electron chi connectivity index (χ2n) is 4.44. The number of hydrogen-bond donors (Lipinski definition) is 2. The van der Waals surface area contributed by atoms with Crippen molar-refractivity contribution < 1.29 is 8.42 Å². The number of nitrogens with two attached hydrogens (primary N) is 1. The Morgan fingerprint density at radius 1 is 1.45 bits per heavy atom. The summed E-state index contributed by atoms with van der Waals surface area (Å²) in [4.78, 5) is 4.11. The number of rotatable bonds is 6. The zero-order valence-electron chi connectivity index (χ0n) is 11.1. The van der Waals surface area contributed by atoms with Crippen LogP contribution in [-0.4, -0.2) is 29.2 Å². The predicted molar refractivity (Wildman–Crippen MR) is 74.1 cm³/mol. The van der Waals surface area contributed by atoms with Gasteiger partial charge in [-0.1, -0.05) is 0 Å². The quantitative estimate of drug-likeness (QED) is 0.787. The lowest BCUT2D eigenvalue weighted by atomic mass is 10.4. The van der Waals surface area contributed by atoms with Gasteiger partial charge >= 0.3 is 0 Å². The lowest BCUT2D eigenvalue weighted by Crippen LogP contribution is -2.35. The molecule has 0 aromatic carbocycles. The molecule has 0 aliphatic rings. The number of nitrogens with zero attached hydrogens (tertiary/aromatic N) is 3. The van der Waals surface area contributed by atoms with E-state index >= 15 is 0 Å². The van der Waals surface area contributed by atoms with E-state index in [9.17, 15) is 8.42 Å². The van der Waals surface area contributed by atoms with Crippen LogP contribution in [0.2, 0.25) is 0 Å². The van der Waals surface area contributed by atoms with Gasteiger partial charge in [-0.15, -0.1) is 0 Å². The molecular formula is C12H17N5O2S. The zero-order chi connectivity index (χ0) is 14.6. The summed E-state index contributed by atoms with van der Waals surface area (Å²) in [6.07, 6.45) is 4.74. The summed E-state index contributed by atoms with van der Waals surface area (Å²) < 4.78 is 28.6. The van der Waals surface area contributed by atoms with Crippen molar-refractivity contribution in [3.8, 4) is 0 Å². The highest BCUT2D eigenvalue weighted by atomic mass is 32.2. The fourth-order valence-electron chi connectivity index (χ4n) is 1.75. The van der Waals surface area contributed by atoms with E-state index in [0.717, 1.165) is 0 Å². The van der Waals surface area contributed by atoms with Crippen molar-refractivity contribution in [3.63, 3.8) is 0 Å². The van der Waals surface area contributed by atoms with E-state index < -0.39 is 10.0 Å². The van der Waals surface area contributed by atoms with Gasteiger partial charge < -0.3 is 5.73 Å². The minimum atomic E-state index is -3.58. The molecular weight excluding hydrogens is 278 g/mol. The fourth-order valence-corrected chi connectivity index (χ4v) is 2.93. The van der Waals surface area contributed by atoms with E-state index in [0.29, 0.717) is 12.2 Å². The van der Waals surface area contributed by atoms with Crippen LogP contribution in [0.1, 0.15) is 12.6 Å². The molecule has 3 N–H and O–H groups in total. The summed E-state index contributed by atoms with van der Waals surface area (Å²) in [6.45, 7) is 2.52. The van der Waals surface area contributed by atoms with Gasteiger partial charge in [0.2, 0.25) is 10.0 Å². The molecule has 2 heterocycles. The third-order valence-corrected chi connectivity index (χ3v) is 4.27. The van der Waals surface area contributed by atoms with Crippen molar-refractivity contribution in [3.05, 3.63) is 42.5 Å². The first kappa shape index (κ1) is 14.6. The molecule has 108 valence electrons. The summed E-state index contributed by atoms with van der Waals surface area (Å²) in [5, 5.41) is 4.04. The van der Waals surface area contributed by atoms with Crippen LogP contribution < -0.4 is 10.5 Å². The second kappa shape index (κ2) is 6.12. The molecule has 0 bridgehead atoms. The second-order valence-corrected chi connectivity index (χ2v) is 6.15. The minimum absolute atomic E-state index is 0.127. The maximum Gasteiger partial charge on any atom is 0.242 e. The molecule has 0 saturated heterocycles. The van der Waals surface area contributed by atoms with E-state index in [-0.39, 0.29) is 17.5 Å². The summed E-state index contributed by atoms with van der Waals surface area (Å²) in [7, 11) is -3.58. The smallest absolute Gasteiger partial charge is 0.242 e. The van der Waals surface area contributed by atoms with Gasteiger partial charge in [-0.25, -0.2) is 13.1 Å². The summed E-state index contributed by atoms with van der Waals surface area (Å²) in [5.41, 5.74) is 6.07. The molecule has 2 aromatic rings. The Kier molecular flexibility index (Phi) is 4.48. The Morgan fingerprint density at radius 2 is 2.25 bits per heavy atom. The minimum Gasteiger partial charge on any atom is -0.325 e. The van der Waals surface area contributed by atoms with Crippen molar-refractivity contribution in [1.82, 2.24) is 19.5 Å². The molecule has 0 fully saturated rings.